The Hall–Kier alpha value is -1.68. The fourth-order valence-electron chi connectivity index (χ4n) is 1.59. The molecule has 2 rings (SSSR count). The zero-order valence-corrected chi connectivity index (χ0v) is 11.8. The molecule has 0 bridgehead atoms. The Morgan fingerprint density at radius 1 is 1.29 bits per heavy atom. The first-order valence-electron chi connectivity index (χ1n) is 5.24. The molecule has 1 aromatic heterocycles. The van der Waals surface area contributed by atoms with E-state index in [1.165, 1.54) is 6.92 Å². The smallest absolute Gasteiger partial charge is 0.219 e. The van der Waals surface area contributed by atoms with Gasteiger partial charge in [-0.05, 0) is 24.6 Å². The van der Waals surface area contributed by atoms with Gasteiger partial charge in [0.05, 0.1) is 10.7 Å². The summed E-state index contributed by atoms with van der Waals surface area (Å²) in [6, 6.07) is 1.90. The second kappa shape index (κ2) is 4.95. The van der Waals surface area contributed by atoms with Crippen molar-refractivity contribution in [2.24, 2.45) is 0 Å². The Morgan fingerprint density at radius 2 is 1.90 bits per heavy atom. The van der Waals surface area contributed by atoms with Crippen molar-refractivity contribution in [3.63, 3.8) is 0 Å². The van der Waals surface area contributed by atoms with Crippen molar-refractivity contribution in [2.75, 3.05) is 0 Å². The normalized spacial score (nSPS) is 12.7. The summed E-state index contributed by atoms with van der Waals surface area (Å²) < 4.78 is 73.0. The summed E-state index contributed by atoms with van der Waals surface area (Å²) in [4.78, 5) is 2.34. The Balaban J connectivity index is 2.62. The first-order chi connectivity index (χ1) is 9.50. The number of hydrogen-bond acceptors (Lipinski definition) is 4. The third kappa shape index (κ3) is 3.16. The lowest BCUT2D eigenvalue weighted by Gasteiger charge is -2.08. The number of alkyl halides is 3. The number of halogens is 5. The van der Waals surface area contributed by atoms with E-state index in [0.29, 0.717) is 11.0 Å². The molecule has 5 nitrogen and oxygen atoms in total. The van der Waals surface area contributed by atoms with Crippen molar-refractivity contribution in [3.8, 4) is 5.69 Å². The summed E-state index contributed by atoms with van der Waals surface area (Å²) in [7, 11) is -5.04. The van der Waals surface area contributed by atoms with Gasteiger partial charge in [0.25, 0.3) is 5.82 Å². The van der Waals surface area contributed by atoms with Crippen LogP contribution in [0.25, 0.3) is 5.69 Å². The standard InChI is InChI=1S/C10H6ClF4N3O2S/c1-5-2-6(11)7(3-8(5)21(15,19)20)18-4-16-9(17-18)10(12,13)14/h2-4H,1H3. The van der Waals surface area contributed by atoms with E-state index in [-0.39, 0.29) is 16.3 Å². The Labute approximate surface area is 121 Å². The molecule has 2 aromatic rings. The average molecular weight is 344 g/mol. The molecule has 1 aromatic carbocycles. The maximum Gasteiger partial charge on any atom is 0.453 e. The van der Waals surface area contributed by atoms with E-state index >= 15 is 0 Å². The summed E-state index contributed by atoms with van der Waals surface area (Å²) in [6.07, 6.45) is -4.06. The maximum atomic E-state index is 13.1. The highest BCUT2D eigenvalue weighted by atomic mass is 35.5. The highest BCUT2D eigenvalue weighted by Crippen LogP contribution is 2.30. The minimum absolute atomic E-state index is 0.0161. The molecule has 0 radical (unpaired) electrons. The first-order valence-corrected chi connectivity index (χ1v) is 7.00. The van der Waals surface area contributed by atoms with Gasteiger partial charge in [0.15, 0.2) is 0 Å². The molecule has 0 amide bonds. The van der Waals surface area contributed by atoms with Crippen molar-refractivity contribution < 1.29 is 25.5 Å². The molecule has 1 heterocycles. The number of benzene rings is 1. The summed E-state index contributed by atoms with van der Waals surface area (Å²) in [5.41, 5.74) is -0.219. The lowest BCUT2D eigenvalue weighted by atomic mass is 10.2. The Bertz CT molecular complexity index is 801. The van der Waals surface area contributed by atoms with E-state index in [1.807, 2.05) is 0 Å². The minimum Gasteiger partial charge on any atom is -0.219 e. The molecule has 0 fully saturated rings. The van der Waals surface area contributed by atoms with Gasteiger partial charge >= 0.3 is 16.4 Å². The fourth-order valence-corrected chi connectivity index (χ4v) is 2.59. The SMILES string of the molecule is Cc1cc(Cl)c(-n2cnc(C(F)(F)F)n2)cc1S(=O)(=O)F. The van der Waals surface area contributed by atoms with E-state index in [0.717, 1.165) is 12.1 Å². The molecule has 0 saturated heterocycles. The quantitative estimate of drug-likeness (QED) is 0.621. The highest BCUT2D eigenvalue weighted by molar-refractivity contribution is 7.86. The van der Waals surface area contributed by atoms with Gasteiger partial charge in [-0.2, -0.15) is 21.6 Å². The number of nitrogens with zero attached hydrogens (tertiary/aromatic N) is 3. The van der Waals surface area contributed by atoms with Gasteiger partial charge in [0, 0.05) is 0 Å². The van der Waals surface area contributed by atoms with Gasteiger partial charge in [0.1, 0.15) is 11.2 Å². The Morgan fingerprint density at radius 3 is 2.38 bits per heavy atom. The molecule has 0 N–H and O–H groups in total. The van der Waals surface area contributed by atoms with Crippen LogP contribution in [0.4, 0.5) is 17.1 Å². The number of hydrogen-bond donors (Lipinski definition) is 0. The third-order valence-electron chi connectivity index (χ3n) is 2.50. The summed E-state index contributed by atoms with van der Waals surface area (Å²) in [5.74, 6) is -1.43. The van der Waals surface area contributed by atoms with Crippen LogP contribution in [0.5, 0.6) is 0 Å². The average Bonchev–Trinajstić information content (AvgIpc) is 2.75. The molecular formula is C10H6ClF4N3O2S. The van der Waals surface area contributed by atoms with Crippen molar-refractivity contribution in [2.45, 2.75) is 18.0 Å². The molecule has 0 atom stereocenters. The van der Waals surface area contributed by atoms with E-state index < -0.39 is 27.1 Å². The largest absolute Gasteiger partial charge is 0.453 e. The van der Waals surface area contributed by atoms with Gasteiger partial charge in [-0.1, -0.05) is 11.6 Å². The lowest BCUT2D eigenvalue weighted by Crippen LogP contribution is -2.09. The summed E-state index contributed by atoms with van der Waals surface area (Å²) in [5, 5.41) is 3.05. The van der Waals surface area contributed by atoms with Crippen LogP contribution in [0.3, 0.4) is 0 Å². The molecule has 0 saturated carbocycles. The van der Waals surface area contributed by atoms with E-state index in [2.05, 4.69) is 10.1 Å². The first kappa shape index (κ1) is 15.7. The highest BCUT2D eigenvalue weighted by Gasteiger charge is 2.36. The molecule has 0 aliphatic heterocycles. The van der Waals surface area contributed by atoms with Gasteiger partial charge in [0.2, 0.25) is 0 Å². The third-order valence-corrected chi connectivity index (χ3v) is 3.77. The molecule has 21 heavy (non-hydrogen) atoms. The van der Waals surface area contributed by atoms with Crippen molar-refractivity contribution >= 4 is 21.8 Å². The van der Waals surface area contributed by atoms with Crippen LogP contribution < -0.4 is 0 Å². The number of aryl methyl sites for hydroxylation is 1. The van der Waals surface area contributed by atoms with Crippen LogP contribution in [0.1, 0.15) is 11.4 Å². The number of rotatable bonds is 2. The molecule has 11 heteroatoms. The predicted octanol–water partition coefficient (Wildman–Crippen LogP) is 2.91. The van der Waals surface area contributed by atoms with Crippen molar-refractivity contribution in [1.29, 1.82) is 0 Å². The van der Waals surface area contributed by atoms with Crippen LogP contribution in [-0.4, -0.2) is 23.2 Å². The van der Waals surface area contributed by atoms with E-state index in [1.54, 1.807) is 0 Å². The van der Waals surface area contributed by atoms with Crippen molar-refractivity contribution in [1.82, 2.24) is 14.8 Å². The Kier molecular flexibility index (Phi) is 3.70. The summed E-state index contributed by atoms with van der Waals surface area (Å²) in [6.45, 7) is 1.30. The van der Waals surface area contributed by atoms with Crippen LogP contribution in [0.15, 0.2) is 23.4 Å². The van der Waals surface area contributed by atoms with Crippen LogP contribution in [0, 0.1) is 6.92 Å². The number of aromatic nitrogens is 3. The summed E-state index contributed by atoms with van der Waals surface area (Å²) >= 11 is 5.82. The second-order valence-corrected chi connectivity index (χ2v) is 5.74. The monoisotopic (exact) mass is 343 g/mol. The fraction of sp³-hybridized carbons (Fsp3) is 0.200. The lowest BCUT2D eigenvalue weighted by molar-refractivity contribution is -0.144. The predicted molar refractivity (Wildman–Crippen MR) is 64.4 cm³/mol. The maximum absolute atomic E-state index is 13.1. The second-order valence-electron chi connectivity index (χ2n) is 4.02. The molecular weight excluding hydrogens is 338 g/mol. The van der Waals surface area contributed by atoms with Crippen LogP contribution in [-0.2, 0) is 16.4 Å². The van der Waals surface area contributed by atoms with Gasteiger partial charge in [-0.25, -0.2) is 9.67 Å². The van der Waals surface area contributed by atoms with E-state index in [4.69, 9.17) is 11.6 Å². The molecule has 0 aliphatic rings. The molecule has 114 valence electrons. The van der Waals surface area contributed by atoms with Crippen LogP contribution in [0.2, 0.25) is 5.02 Å². The zero-order chi connectivity index (χ0) is 16.0. The van der Waals surface area contributed by atoms with Gasteiger partial charge in [-0.3, -0.25) is 0 Å². The topological polar surface area (TPSA) is 64.8 Å². The van der Waals surface area contributed by atoms with Crippen molar-refractivity contribution in [3.05, 3.63) is 34.9 Å². The van der Waals surface area contributed by atoms with Crippen LogP contribution >= 0.6 is 11.6 Å². The molecule has 0 spiro atoms. The molecule has 0 unspecified atom stereocenters. The molecule has 0 aliphatic carbocycles. The van der Waals surface area contributed by atoms with Gasteiger partial charge in [-0.15, -0.1) is 8.98 Å². The van der Waals surface area contributed by atoms with Gasteiger partial charge < -0.3 is 0 Å². The zero-order valence-electron chi connectivity index (χ0n) is 10.2. The van der Waals surface area contributed by atoms with E-state index in [9.17, 15) is 25.5 Å². The minimum atomic E-state index is -5.04.